The van der Waals surface area contributed by atoms with Crippen molar-refractivity contribution in [3.63, 3.8) is 0 Å². The molecule has 3 aromatic rings. The molecule has 0 aliphatic rings. The van der Waals surface area contributed by atoms with Gasteiger partial charge in [-0.1, -0.05) is 87.5 Å². The third kappa shape index (κ3) is 11.6. The number of hydrogen-bond acceptors (Lipinski definition) is 6. The first-order valence-electron chi connectivity index (χ1n) is 15.6. The lowest BCUT2D eigenvalue weighted by molar-refractivity contribution is -0.144. The summed E-state index contributed by atoms with van der Waals surface area (Å²) >= 11 is 0. The van der Waals surface area contributed by atoms with Crippen LogP contribution in [0.3, 0.4) is 0 Å². The summed E-state index contributed by atoms with van der Waals surface area (Å²) < 4.78 is 10.7. The summed E-state index contributed by atoms with van der Waals surface area (Å²) in [5, 5.41) is 9.58. The van der Waals surface area contributed by atoms with E-state index in [-0.39, 0.29) is 24.7 Å². The van der Waals surface area contributed by atoms with E-state index < -0.39 is 18.0 Å². The van der Waals surface area contributed by atoms with Crippen molar-refractivity contribution in [3.8, 4) is 11.1 Å². The number of unbranched alkanes of at least 4 members (excludes halogenated alkanes) is 2. The topological polar surface area (TPSA) is 85.7 Å². The second-order valence-corrected chi connectivity index (χ2v) is 11.6. The average Bonchev–Trinajstić information content (AvgIpc) is 3.03. The molecule has 0 saturated heterocycles. The number of pyridine rings is 1. The van der Waals surface area contributed by atoms with Crippen molar-refractivity contribution in [3.05, 3.63) is 114 Å². The van der Waals surface area contributed by atoms with Crippen LogP contribution < -0.4 is 0 Å². The standard InChI is InChI=1S/C38H47NO5/c1-6-7-8-9-32-17-23-36(39-24-32)22-16-31-14-20-35(21-15-31)34-18-12-30(13-19-34)10-11-33(25-43-37(41)27(2)3)26-44-38(42)28(4)29(5)40/h12-15,17-21,23-24,29,33,40H,2,4,6-11,16,22,25-26H2,1,3,5H3. The Kier molecular flexibility index (Phi) is 14.0. The molecule has 44 heavy (non-hydrogen) atoms. The first kappa shape index (κ1) is 34.5. The van der Waals surface area contributed by atoms with Crippen LogP contribution in [0.1, 0.15) is 68.8 Å². The Hall–Kier alpha value is -4.03. The Labute approximate surface area is 262 Å². The number of hydrogen-bond donors (Lipinski definition) is 1. The zero-order chi connectivity index (χ0) is 31.9. The van der Waals surface area contributed by atoms with Crippen LogP contribution in [0.5, 0.6) is 0 Å². The monoisotopic (exact) mass is 597 g/mol. The molecular formula is C38H47NO5. The molecule has 2 aromatic carbocycles. The number of carbonyl (C=O) groups is 2. The molecular weight excluding hydrogens is 550 g/mol. The highest BCUT2D eigenvalue weighted by molar-refractivity contribution is 5.88. The van der Waals surface area contributed by atoms with E-state index in [1.54, 1.807) is 6.92 Å². The Morgan fingerprint density at radius 1 is 0.773 bits per heavy atom. The lowest BCUT2D eigenvalue weighted by atomic mass is 9.97. The van der Waals surface area contributed by atoms with Crippen LogP contribution in [-0.4, -0.2) is 41.3 Å². The molecule has 6 nitrogen and oxygen atoms in total. The summed E-state index contributed by atoms with van der Waals surface area (Å²) in [5.41, 5.74) is 7.46. The molecule has 1 heterocycles. The predicted molar refractivity (Wildman–Crippen MR) is 176 cm³/mol. The molecule has 0 fully saturated rings. The van der Waals surface area contributed by atoms with E-state index in [9.17, 15) is 14.7 Å². The lowest BCUT2D eigenvalue weighted by Gasteiger charge is -2.18. The van der Waals surface area contributed by atoms with Gasteiger partial charge in [-0.2, -0.15) is 0 Å². The van der Waals surface area contributed by atoms with Crippen molar-refractivity contribution in [2.45, 2.75) is 78.2 Å². The van der Waals surface area contributed by atoms with E-state index in [0.717, 1.165) is 48.1 Å². The molecule has 0 amide bonds. The molecule has 0 aliphatic heterocycles. The fourth-order valence-electron chi connectivity index (χ4n) is 4.69. The second kappa shape index (κ2) is 17.9. The van der Waals surface area contributed by atoms with E-state index in [0.29, 0.717) is 12.0 Å². The Morgan fingerprint density at radius 3 is 1.86 bits per heavy atom. The van der Waals surface area contributed by atoms with Gasteiger partial charge in [0.15, 0.2) is 0 Å². The molecule has 2 unspecified atom stereocenters. The predicted octanol–water partition coefficient (Wildman–Crippen LogP) is 7.41. The van der Waals surface area contributed by atoms with Crippen LogP contribution in [0.15, 0.2) is 91.2 Å². The van der Waals surface area contributed by atoms with Crippen molar-refractivity contribution < 1.29 is 24.2 Å². The summed E-state index contributed by atoms with van der Waals surface area (Å²) in [6.45, 7) is 12.6. The summed E-state index contributed by atoms with van der Waals surface area (Å²) in [4.78, 5) is 28.7. The Bertz CT molecular complexity index is 1360. The summed E-state index contributed by atoms with van der Waals surface area (Å²) in [6, 6.07) is 21.5. The van der Waals surface area contributed by atoms with E-state index in [1.165, 1.54) is 37.3 Å². The minimum absolute atomic E-state index is 0.00824. The first-order valence-corrected chi connectivity index (χ1v) is 15.6. The molecule has 1 aromatic heterocycles. The smallest absolute Gasteiger partial charge is 0.336 e. The van der Waals surface area contributed by atoms with Crippen LogP contribution >= 0.6 is 0 Å². The van der Waals surface area contributed by atoms with Gasteiger partial charge in [0.1, 0.15) is 0 Å². The second-order valence-electron chi connectivity index (χ2n) is 11.6. The summed E-state index contributed by atoms with van der Waals surface area (Å²) in [7, 11) is 0. The maximum absolute atomic E-state index is 12.1. The highest BCUT2D eigenvalue weighted by Crippen LogP contribution is 2.22. The highest BCUT2D eigenvalue weighted by atomic mass is 16.5. The highest BCUT2D eigenvalue weighted by Gasteiger charge is 2.19. The average molecular weight is 598 g/mol. The summed E-state index contributed by atoms with van der Waals surface area (Å²) in [5.74, 6) is -1.35. The number of nitrogens with zero attached hydrogens (tertiary/aromatic N) is 1. The maximum atomic E-state index is 12.1. The third-order valence-electron chi connectivity index (χ3n) is 7.72. The van der Waals surface area contributed by atoms with Gasteiger partial charge in [0.25, 0.3) is 0 Å². The molecule has 0 spiro atoms. The van der Waals surface area contributed by atoms with Gasteiger partial charge in [-0.05, 0) is 86.3 Å². The SMILES string of the molecule is C=C(C)C(=O)OCC(CCc1ccc(-c2ccc(CCc3ccc(CCCCC)cn3)cc2)cc1)COC(=O)C(=C)C(C)O. The van der Waals surface area contributed by atoms with E-state index >= 15 is 0 Å². The number of ether oxygens (including phenoxy) is 2. The normalized spacial score (nSPS) is 12.3. The largest absolute Gasteiger partial charge is 0.462 e. The minimum Gasteiger partial charge on any atom is -0.462 e. The molecule has 234 valence electrons. The van der Waals surface area contributed by atoms with Gasteiger partial charge in [-0.15, -0.1) is 0 Å². The maximum Gasteiger partial charge on any atom is 0.336 e. The van der Waals surface area contributed by atoms with E-state index in [1.807, 2.05) is 6.20 Å². The molecule has 2 atom stereocenters. The van der Waals surface area contributed by atoms with Crippen LogP contribution in [0.4, 0.5) is 0 Å². The zero-order valence-electron chi connectivity index (χ0n) is 26.5. The number of aliphatic hydroxyl groups is 1. The molecule has 0 bridgehead atoms. The molecule has 6 heteroatoms. The van der Waals surface area contributed by atoms with Crippen LogP contribution in [0, 0.1) is 5.92 Å². The van der Waals surface area contributed by atoms with Crippen LogP contribution in [0.25, 0.3) is 11.1 Å². The lowest BCUT2D eigenvalue weighted by Crippen LogP contribution is -2.24. The van der Waals surface area contributed by atoms with Crippen molar-refractivity contribution in [1.29, 1.82) is 0 Å². The van der Waals surface area contributed by atoms with Crippen molar-refractivity contribution >= 4 is 11.9 Å². The number of carbonyl (C=O) groups excluding carboxylic acids is 2. The quantitative estimate of drug-likeness (QED) is 0.0933. The van der Waals surface area contributed by atoms with Gasteiger partial charge >= 0.3 is 11.9 Å². The number of benzene rings is 2. The molecule has 1 N–H and O–H groups in total. The van der Waals surface area contributed by atoms with E-state index in [2.05, 4.69) is 85.7 Å². The zero-order valence-corrected chi connectivity index (χ0v) is 26.5. The van der Waals surface area contributed by atoms with Gasteiger partial charge in [0, 0.05) is 23.4 Å². The van der Waals surface area contributed by atoms with Crippen LogP contribution in [-0.2, 0) is 44.7 Å². The first-order chi connectivity index (χ1) is 21.2. The minimum atomic E-state index is -0.989. The van der Waals surface area contributed by atoms with Crippen molar-refractivity contribution in [2.24, 2.45) is 5.92 Å². The van der Waals surface area contributed by atoms with Crippen molar-refractivity contribution in [2.75, 3.05) is 13.2 Å². The van der Waals surface area contributed by atoms with Crippen molar-refractivity contribution in [1.82, 2.24) is 4.98 Å². The fourth-order valence-corrected chi connectivity index (χ4v) is 4.69. The van der Waals surface area contributed by atoms with Gasteiger partial charge in [-0.3, -0.25) is 4.98 Å². The Morgan fingerprint density at radius 2 is 1.34 bits per heavy atom. The number of rotatable bonds is 18. The molecule has 0 aliphatic carbocycles. The van der Waals surface area contributed by atoms with Crippen LogP contribution in [0.2, 0.25) is 0 Å². The fraction of sp³-hybridized carbons (Fsp3) is 0.395. The van der Waals surface area contributed by atoms with Gasteiger partial charge < -0.3 is 14.6 Å². The molecule has 0 saturated carbocycles. The third-order valence-corrected chi connectivity index (χ3v) is 7.72. The van der Waals surface area contributed by atoms with Gasteiger partial charge in [0.05, 0.1) is 24.9 Å². The molecule has 3 rings (SSSR count). The van der Waals surface area contributed by atoms with Gasteiger partial charge in [-0.25, -0.2) is 9.59 Å². The number of aryl methyl sites for hydroxylation is 4. The Balaban J connectivity index is 1.52. The van der Waals surface area contributed by atoms with E-state index in [4.69, 9.17) is 9.47 Å². The number of esters is 2. The number of aromatic nitrogens is 1. The number of aliphatic hydroxyl groups excluding tert-OH is 1. The summed E-state index contributed by atoms with van der Waals surface area (Å²) in [6.07, 6.45) is 9.11. The van der Waals surface area contributed by atoms with Gasteiger partial charge in [0.2, 0.25) is 0 Å². The molecule has 0 radical (unpaired) electrons.